The Labute approximate surface area is 130 Å². The lowest BCUT2D eigenvalue weighted by molar-refractivity contribution is 0.492. The summed E-state index contributed by atoms with van der Waals surface area (Å²) in [5.74, 6) is 1.06. The summed E-state index contributed by atoms with van der Waals surface area (Å²) in [5, 5.41) is 4.21. The van der Waals surface area contributed by atoms with Crippen LogP contribution >= 0.6 is 23.2 Å². The van der Waals surface area contributed by atoms with Crippen LogP contribution in [0.5, 0.6) is 0 Å². The molecule has 1 heterocycles. The third-order valence-corrected chi connectivity index (χ3v) is 4.82. The number of halogens is 2. The van der Waals surface area contributed by atoms with Crippen LogP contribution in [-0.4, -0.2) is 21.5 Å². The summed E-state index contributed by atoms with van der Waals surface area (Å²) in [5.41, 5.74) is 3.51. The van der Waals surface area contributed by atoms with Gasteiger partial charge in [0.1, 0.15) is 0 Å². The van der Waals surface area contributed by atoms with E-state index in [9.17, 15) is 0 Å². The number of rotatable bonds is 6. The smallest absolute Gasteiger partial charge is 0.0521 e. The fraction of sp³-hybridized carbons (Fsp3) is 0.438. The van der Waals surface area contributed by atoms with E-state index >= 15 is 0 Å². The van der Waals surface area contributed by atoms with Gasteiger partial charge in [-0.3, -0.25) is 4.68 Å². The molecule has 1 aromatic heterocycles. The van der Waals surface area contributed by atoms with Gasteiger partial charge in [0.25, 0.3) is 0 Å². The van der Waals surface area contributed by atoms with Crippen LogP contribution in [0.15, 0.2) is 36.7 Å². The summed E-state index contributed by atoms with van der Waals surface area (Å²) in [6.45, 7) is 2.10. The molecule has 108 valence electrons. The van der Waals surface area contributed by atoms with Gasteiger partial charge in [0, 0.05) is 30.4 Å². The highest BCUT2D eigenvalue weighted by molar-refractivity contribution is 6.22. The molecule has 0 bridgehead atoms. The highest BCUT2D eigenvalue weighted by atomic mass is 35.5. The third kappa shape index (κ3) is 3.36. The van der Waals surface area contributed by atoms with Crippen LogP contribution < -0.4 is 0 Å². The maximum atomic E-state index is 6.28. The van der Waals surface area contributed by atoms with E-state index in [4.69, 9.17) is 23.2 Å². The molecule has 0 unspecified atom stereocenters. The van der Waals surface area contributed by atoms with Crippen LogP contribution in [0.2, 0.25) is 0 Å². The number of aromatic nitrogens is 2. The molecule has 2 aromatic rings. The van der Waals surface area contributed by atoms with Gasteiger partial charge in [-0.25, -0.2) is 0 Å². The molecule has 0 fully saturated rings. The van der Waals surface area contributed by atoms with Gasteiger partial charge in [-0.1, -0.05) is 29.8 Å². The Balaban J connectivity index is 2.20. The van der Waals surface area contributed by atoms with Gasteiger partial charge >= 0.3 is 0 Å². The first-order valence-corrected chi connectivity index (χ1v) is 7.83. The zero-order chi connectivity index (χ0) is 14.6. The van der Waals surface area contributed by atoms with E-state index in [1.807, 2.05) is 24.1 Å². The van der Waals surface area contributed by atoms with Crippen molar-refractivity contribution >= 4 is 23.2 Å². The number of benzene rings is 1. The second-order valence-corrected chi connectivity index (χ2v) is 5.97. The summed E-state index contributed by atoms with van der Waals surface area (Å²) in [7, 11) is 1.93. The Hall–Kier alpha value is -0.990. The molecule has 4 heteroatoms. The SMILES string of the molecule is Cc1cccc(C(CCl)(CCl)CCc2cnn(C)c2)c1. The zero-order valence-electron chi connectivity index (χ0n) is 11.9. The zero-order valence-corrected chi connectivity index (χ0v) is 13.5. The highest BCUT2D eigenvalue weighted by Gasteiger charge is 2.30. The first-order valence-electron chi connectivity index (χ1n) is 6.76. The lowest BCUT2D eigenvalue weighted by atomic mass is 9.79. The molecule has 2 rings (SSSR count). The number of hydrogen-bond donors (Lipinski definition) is 0. The summed E-state index contributed by atoms with van der Waals surface area (Å²) >= 11 is 12.6. The molecule has 20 heavy (non-hydrogen) atoms. The monoisotopic (exact) mass is 310 g/mol. The minimum atomic E-state index is -0.176. The second kappa shape index (κ2) is 6.64. The fourth-order valence-corrected chi connectivity index (χ4v) is 3.29. The summed E-state index contributed by atoms with van der Waals surface area (Å²) in [6, 6.07) is 8.48. The van der Waals surface area contributed by atoms with Gasteiger partial charge in [-0.05, 0) is 30.9 Å². The van der Waals surface area contributed by atoms with Gasteiger partial charge in [0.15, 0.2) is 0 Å². The minimum absolute atomic E-state index is 0.176. The van der Waals surface area contributed by atoms with E-state index in [1.165, 1.54) is 16.7 Å². The van der Waals surface area contributed by atoms with Crippen molar-refractivity contribution in [1.82, 2.24) is 9.78 Å². The topological polar surface area (TPSA) is 17.8 Å². The first-order chi connectivity index (χ1) is 9.59. The fourth-order valence-electron chi connectivity index (χ4n) is 2.43. The molecule has 0 saturated heterocycles. The maximum Gasteiger partial charge on any atom is 0.0521 e. The third-order valence-electron chi connectivity index (χ3n) is 3.79. The summed E-state index contributed by atoms with van der Waals surface area (Å²) in [6.07, 6.45) is 5.81. The van der Waals surface area contributed by atoms with Crippen molar-refractivity contribution in [2.75, 3.05) is 11.8 Å². The van der Waals surface area contributed by atoms with Gasteiger partial charge in [0.05, 0.1) is 6.20 Å². The number of aryl methyl sites for hydroxylation is 3. The van der Waals surface area contributed by atoms with Crippen LogP contribution in [0.1, 0.15) is 23.1 Å². The van der Waals surface area contributed by atoms with Crippen LogP contribution in [0.4, 0.5) is 0 Å². The van der Waals surface area contributed by atoms with Crippen LogP contribution in [0.3, 0.4) is 0 Å². The lowest BCUT2D eigenvalue weighted by Gasteiger charge is -2.30. The van der Waals surface area contributed by atoms with E-state index in [-0.39, 0.29) is 5.41 Å². The molecule has 0 aliphatic carbocycles. The Morgan fingerprint density at radius 2 is 2.00 bits per heavy atom. The van der Waals surface area contributed by atoms with Gasteiger partial charge in [0.2, 0.25) is 0 Å². The second-order valence-electron chi connectivity index (χ2n) is 5.44. The first kappa shape index (κ1) is 15.4. The predicted octanol–water partition coefficient (Wildman–Crippen LogP) is 4.08. The van der Waals surface area contributed by atoms with E-state index in [1.54, 1.807) is 0 Å². The predicted molar refractivity (Wildman–Crippen MR) is 85.8 cm³/mol. The van der Waals surface area contributed by atoms with Gasteiger partial charge in [-0.2, -0.15) is 5.10 Å². The van der Waals surface area contributed by atoms with Gasteiger partial charge < -0.3 is 0 Å². The number of nitrogens with zero attached hydrogens (tertiary/aromatic N) is 2. The van der Waals surface area contributed by atoms with Crippen LogP contribution in [-0.2, 0) is 18.9 Å². The minimum Gasteiger partial charge on any atom is -0.276 e. The molecule has 0 aliphatic rings. The molecule has 1 aromatic carbocycles. The molecule has 0 spiro atoms. The largest absolute Gasteiger partial charge is 0.276 e. The molecule has 0 aliphatic heterocycles. The molecule has 0 saturated carbocycles. The average molecular weight is 311 g/mol. The van der Waals surface area contributed by atoms with Crippen LogP contribution in [0, 0.1) is 6.92 Å². The van der Waals surface area contributed by atoms with Crippen molar-refractivity contribution in [3.8, 4) is 0 Å². The number of hydrogen-bond acceptors (Lipinski definition) is 1. The molecule has 0 N–H and O–H groups in total. The van der Waals surface area contributed by atoms with Crippen molar-refractivity contribution in [1.29, 1.82) is 0 Å². The van der Waals surface area contributed by atoms with E-state index in [2.05, 4.69) is 36.3 Å². The van der Waals surface area contributed by atoms with Crippen molar-refractivity contribution in [2.24, 2.45) is 7.05 Å². The van der Waals surface area contributed by atoms with E-state index < -0.39 is 0 Å². The van der Waals surface area contributed by atoms with Crippen molar-refractivity contribution in [3.05, 3.63) is 53.3 Å². The molecule has 0 atom stereocenters. The molecule has 0 radical (unpaired) electrons. The van der Waals surface area contributed by atoms with Crippen molar-refractivity contribution in [3.63, 3.8) is 0 Å². The Kier molecular flexibility index (Phi) is 5.11. The maximum absolute atomic E-state index is 6.28. The summed E-state index contributed by atoms with van der Waals surface area (Å²) < 4.78 is 1.82. The molecular weight excluding hydrogens is 291 g/mol. The van der Waals surface area contributed by atoms with E-state index in [0.717, 1.165) is 12.8 Å². The molecule has 0 amide bonds. The molecule has 2 nitrogen and oxygen atoms in total. The summed E-state index contributed by atoms with van der Waals surface area (Å²) in [4.78, 5) is 0. The van der Waals surface area contributed by atoms with Gasteiger partial charge in [-0.15, -0.1) is 23.2 Å². The quantitative estimate of drug-likeness (QED) is 0.735. The lowest BCUT2D eigenvalue weighted by Crippen LogP contribution is -2.31. The highest BCUT2D eigenvalue weighted by Crippen LogP contribution is 2.33. The Morgan fingerprint density at radius 1 is 1.25 bits per heavy atom. The van der Waals surface area contributed by atoms with E-state index in [0.29, 0.717) is 11.8 Å². The van der Waals surface area contributed by atoms with Crippen molar-refractivity contribution < 1.29 is 0 Å². The number of alkyl halides is 2. The van der Waals surface area contributed by atoms with Crippen molar-refractivity contribution in [2.45, 2.75) is 25.2 Å². The normalized spacial score (nSPS) is 11.8. The molecular formula is C16H20Cl2N2. The standard InChI is InChI=1S/C16H20Cl2N2/c1-13-4-3-5-15(8-13)16(11-17,12-18)7-6-14-9-19-20(2)10-14/h3-5,8-10H,6-7,11-12H2,1-2H3. The van der Waals surface area contributed by atoms with Crippen LogP contribution in [0.25, 0.3) is 0 Å². The average Bonchev–Trinajstić information content (AvgIpc) is 2.86. The Bertz CT molecular complexity index is 559. The Morgan fingerprint density at radius 3 is 2.55 bits per heavy atom.